The zero-order valence-electron chi connectivity index (χ0n) is 19.3. The van der Waals surface area contributed by atoms with Gasteiger partial charge in [0.05, 0.1) is 14.2 Å². The highest BCUT2D eigenvalue weighted by Crippen LogP contribution is 2.44. The smallest absolute Gasteiger partial charge is 0.119 e. The van der Waals surface area contributed by atoms with Gasteiger partial charge in [0.1, 0.15) is 30.0 Å². The van der Waals surface area contributed by atoms with Crippen molar-refractivity contribution in [3.05, 3.63) is 82.7 Å². The summed E-state index contributed by atoms with van der Waals surface area (Å²) in [5.41, 5.74) is 5.93. The van der Waals surface area contributed by atoms with E-state index in [0.29, 0.717) is 5.92 Å². The van der Waals surface area contributed by atoms with Crippen LogP contribution in [-0.4, -0.2) is 37.2 Å². The number of H-pyrrole nitrogens is 1. The molecule has 1 aromatic heterocycles. The molecule has 0 bridgehead atoms. The molecule has 0 atom stereocenters. The fourth-order valence-corrected chi connectivity index (χ4v) is 4.92. The number of nitrogens with zero attached hydrogens (tertiary/aromatic N) is 2. The first-order valence-corrected chi connectivity index (χ1v) is 11.4. The van der Waals surface area contributed by atoms with Crippen LogP contribution in [0.4, 0.5) is 0 Å². The minimum Gasteiger partial charge on any atom is -0.497 e. The van der Waals surface area contributed by atoms with Crippen LogP contribution in [0.15, 0.2) is 59.8 Å². The van der Waals surface area contributed by atoms with E-state index in [0.717, 1.165) is 64.6 Å². The molecule has 0 radical (unpaired) electrons. The van der Waals surface area contributed by atoms with Gasteiger partial charge in [-0.3, -0.25) is 5.10 Å². The van der Waals surface area contributed by atoms with Gasteiger partial charge in [-0.15, -0.1) is 0 Å². The second-order valence-corrected chi connectivity index (χ2v) is 8.70. The number of oxime groups is 1. The van der Waals surface area contributed by atoms with Gasteiger partial charge < -0.3 is 14.3 Å². The first-order valence-electron chi connectivity index (χ1n) is 11.4. The second kappa shape index (κ2) is 8.77. The number of hydrogen-bond acceptors (Lipinski definition) is 5. The van der Waals surface area contributed by atoms with Crippen LogP contribution in [0.25, 0.3) is 6.08 Å². The largest absolute Gasteiger partial charge is 0.497 e. The lowest BCUT2D eigenvalue weighted by Crippen LogP contribution is -2.31. The molecule has 6 nitrogen and oxygen atoms in total. The number of fused-ring (bicyclic) bond motifs is 1. The summed E-state index contributed by atoms with van der Waals surface area (Å²) in [5.74, 6) is 2.08. The molecule has 0 aliphatic heterocycles. The Morgan fingerprint density at radius 1 is 1.00 bits per heavy atom. The Morgan fingerprint density at radius 2 is 1.67 bits per heavy atom. The normalized spacial score (nSPS) is 17.2. The Labute approximate surface area is 194 Å². The molecule has 0 spiro atoms. The number of benzene rings is 2. The molecular weight excluding hydrogens is 414 g/mol. The van der Waals surface area contributed by atoms with Crippen LogP contribution in [0.5, 0.6) is 11.5 Å². The van der Waals surface area contributed by atoms with Crippen molar-refractivity contribution in [1.82, 2.24) is 10.2 Å². The minimum atomic E-state index is -0.394. The number of allylic oxidation sites excluding steroid dienone is 1. The van der Waals surface area contributed by atoms with Gasteiger partial charge in [-0.1, -0.05) is 48.0 Å². The lowest BCUT2D eigenvalue weighted by Gasteiger charge is -2.35. The summed E-state index contributed by atoms with van der Waals surface area (Å²) < 4.78 is 11.1. The predicted octanol–water partition coefficient (Wildman–Crippen LogP) is 5.13. The number of aromatic nitrogens is 2. The average Bonchev–Trinajstić information content (AvgIpc) is 3.25. The maximum absolute atomic E-state index is 5.55. The Kier molecular flexibility index (Phi) is 5.67. The predicted molar refractivity (Wildman–Crippen MR) is 129 cm³/mol. The van der Waals surface area contributed by atoms with E-state index >= 15 is 0 Å². The molecule has 5 rings (SSSR count). The molecule has 170 valence electrons. The summed E-state index contributed by atoms with van der Waals surface area (Å²) in [6, 6.07) is 16.6. The molecular formula is C27H29N3O3. The van der Waals surface area contributed by atoms with Crippen LogP contribution in [0.1, 0.15) is 47.3 Å². The lowest BCUT2D eigenvalue weighted by atomic mass is 9.68. The minimum absolute atomic E-state index is 0.394. The molecule has 2 aromatic carbocycles. The molecule has 2 aliphatic rings. The van der Waals surface area contributed by atoms with Crippen molar-refractivity contribution in [2.75, 3.05) is 21.3 Å². The van der Waals surface area contributed by atoms with Crippen molar-refractivity contribution in [1.29, 1.82) is 0 Å². The van der Waals surface area contributed by atoms with Crippen LogP contribution < -0.4 is 9.47 Å². The van der Waals surface area contributed by atoms with E-state index in [1.54, 1.807) is 21.3 Å². The fraction of sp³-hybridized carbons (Fsp3) is 0.333. The summed E-state index contributed by atoms with van der Waals surface area (Å²) in [6.45, 7) is 0. The Bertz CT molecular complexity index is 1160. The number of hydrogen-bond donors (Lipinski definition) is 1. The first-order chi connectivity index (χ1) is 16.2. The van der Waals surface area contributed by atoms with Crippen molar-refractivity contribution in [2.24, 2.45) is 11.1 Å². The Morgan fingerprint density at radius 3 is 2.21 bits per heavy atom. The SMILES string of the molecule is CO/N=C(/c1n[nH]c2c1C=CC(c1cccc(OC)c1)(c1cccc(OC)c1)C2)C1CCC1. The van der Waals surface area contributed by atoms with Crippen LogP contribution in [-0.2, 0) is 16.7 Å². The van der Waals surface area contributed by atoms with Gasteiger partial charge in [0.2, 0.25) is 0 Å². The van der Waals surface area contributed by atoms with Crippen molar-refractivity contribution >= 4 is 11.8 Å². The summed E-state index contributed by atoms with van der Waals surface area (Å²) in [5, 5.41) is 12.4. The summed E-state index contributed by atoms with van der Waals surface area (Å²) in [6.07, 6.45) is 8.68. The van der Waals surface area contributed by atoms with E-state index in [1.807, 2.05) is 24.3 Å². The lowest BCUT2D eigenvalue weighted by molar-refractivity contribution is 0.208. The molecule has 0 amide bonds. The van der Waals surface area contributed by atoms with E-state index in [9.17, 15) is 0 Å². The van der Waals surface area contributed by atoms with Crippen LogP contribution >= 0.6 is 0 Å². The first kappa shape index (κ1) is 21.3. The highest BCUT2D eigenvalue weighted by molar-refractivity contribution is 6.04. The summed E-state index contributed by atoms with van der Waals surface area (Å²) >= 11 is 0. The fourth-order valence-electron chi connectivity index (χ4n) is 4.92. The molecule has 6 heteroatoms. The van der Waals surface area contributed by atoms with E-state index in [-0.39, 0.29) is 0 Å². The van der Waals surface area contributed by atoms with Crippen LogP contribution in [0.3, 0.4) is 0 Å². The molecule has 1 heterocycles. The van der Waals surface area contributed by atoms with E-state index in [4.69, 9.17) is 19.4 Å². The third-order valence-corrected chi connectivity index (χ3v) is 6.97. The van der Waals surface area contributed by atoms with Crippen molar-refractivity contribution in [3.63, 3.8) is 0 Å². The van der Waals surface area contributed by atoms with E-state index < -0.39 is 5.41 Å². The van der Waals surface area contributed by atoms with E-state index in [2.05, 4.69) is 46.7 Å². The van der Waals surface area contributed by atoms with Crippen LogP contribution in [0.2, 0.25) is 0 Å². The number of methoxy groups -OCH3 is 2. The van der Waals surface area contributed by atoms with Gasteiger partial charge in [0, 0.05) is 29.0 Å². The second-order valence-electron chi connectivity index (χ2n) is 8.70. The Hall–Kier alpha value is -3.54. The standard InChI is InChI=1S/C27H29N3O3/c1-31-21-11-5-9-19(15-21)27(20-10-6-12-22(16-20)32-2)14-13-23-24(17-27)28-29-26(23)25(30-33-3)18-7-4-8-18/h5-6,9-16,18H,4,7-8,17H2,1-3H3,(H,28,29)/b30-25+. The third-order valence-electron chi connectivity index (χ3n) is 6.97. The number of rotatable bonds is 7. The van der Waals surface area contributed by atoms with Crippen LogP contribution in [0, 0.1) is 5.92 Å². The molecule has 3 aromatic rings. The van der Waals surface area contributed by atoms with Crippen molar-refractivity contribution < 1.29 is 14.3 Å². The van der Waals surface area contributed by atoms with Crippen molar-refractivity contribution in [3.8, 4) is 11.5 Å². The van der Waals surface area contributed by atoms with Crippen molar-refractivity contribution in [2.45, 2.75) is 31.1 Å². The van der Waals surface area contributed by atoms with Gasteiger partial charge in [0.15, 0.2) is 0 Å². The summed E-state index contributed by atoms with van der Waals surface area (Å²) in [7, 11) is 5.00. The maximum Gasteiger partial charge on any atom is 0.119 e. The third kappa shape index (κ3) is 3.69. The molecule has 0 saturated heterocycles. The Balaban J connectivity index is 1.63. The van der Waals surface area contributed by atoms with Gasteiger partial charge in [-0.25, -0.2) is 0 Å². The number of ether oxygens (including phenoxy) is 2. The van der Waals surface area contributed by atoms with Gasteiger partial charge in [-0.2, -0.15) is 5.10 Å². The van der Waals surface area contributed by atoms with Gasteiger partial charge in [0.25, 0.3) is 0 Å². The quantitative estimate of drug-likeness (QED) is 0.406. The number of aromatic amines is 1. The molecule has 33 heavy (non-hydrogen) atoms. The highest BCUT2D eigenvalue weighted by Gasteiger charge is 2.38. The van der Waals surface area contributed by atoms with Gasteiger partial charge >= 0.3 is 0 Å². The highest BCUT2D eigenvalue weighted by atomic mass is 16.6. The average molecular weight is 444 g/mol. The zero-order valence-corrected chi connectivity index (χ0v) is 19.3. The number of nitrogens with one attached hydrogen (secondary N) is 1. The molecule has 1 saturated carbocycles. The maximum atomic E-state index is 5.55. The molecule has 2 aliphatic carbocycles. The topological polar surface area (TPSA) is 68.7 Å². The summed E-state index contributed by atoms with van der Waals surface area (Å²) in [4.78, 5) is 5.19. The monoisotopic (exact) mass is 443 g/mol. The van der Waals surface area contributed by atoms with E-state index in [1.165, 1.54) is 6.42 Å². The van der Waals surface area contributed by atoms with Gasteiger partial charge in [-0.05, 0) is 48.2 Å². The molecule has 0 unspecified atom stereocenters. The zero-order chi connectivity index (χ0) is 22.8. The molecule has 1 fully saturated rings. The molecule has 1 N–H and O–H groups in total.